The molecule has 0 fully saturated rings. The molecule has 1 nitrogen and oxygen atoms in total. The van der Waals surface area contributed by atoms with Crippen molar-refractivity contribution in [3.8, 4) is 0 Å². The zero-order chi connectivity index (χ0) is 14.7. The predicted octanol–water partition coefficient (Wildman–Crippen LogP) is 4.94. The molecule has 1 unspecified atom stereocenters. The number of likely N-dealkylation sites (N-methyl/N-ethyl adjacent to an activating group) is 1. The third-order valence-electron chi connectivity index (χ3n) is 3.43. The molecule has 0 saturated heterocycles. The van der Waals surface area contributed by atoms with Gasteiger partial charge in [0.25, 0.3) is 0 Å². The van der Waals surface area contributed by atoms with Gasteiger partial charge in [-0.2, -0.15) is 0 Å². The van der Waals surface area contributed by atoms with Gasteiger partial charge in [-0.15, -0.1) is 0 Å². The van der Waals surface area contributed by atoms with Gasteiger partial charge < -0.3 is 5.32 Å². The Morgan fingerprint density at radius 1 is 1.15 bits per heavy atom. The molecule has 0 spiro atoms. The van der Waals surface area contributed by atoms with Crippen LogP contribution in [0.2, 0.25) is 10.0 Å². The molecule has 4 heteroatoms. The first-order chi connectivity index (χ1) is 9.52. The molecule has 20 heavy (non-hydrogen) atoms. The highest BCUT2D eigenvalue weighted by molar-refractivity contribution is 6.36. The lowest BCUT2D eigenvalue weighted by Crippen LogP contribution is -2.20. The number of rotatable bonds is 4. The second-order valence-electron chi connectivity index (χ2n) is 4.75. The average molecular weight is 312 g/mol. The molecule has 1 N–H and O–H groups in total. The summed E-state index contributed by atoms with van der Waals surface area (Å²) in [5.74, 6) is -0.219. The summed E-state index contributed by atoms with van der Waals surface area (Å²) in [4.78, 5) is 0. The third-order valence-corrected chi connectivity index (χ3v) is 4.08. The lowest BCUT2D eigenvalue weighted by Gasteiger charge is -2.20. The molecule has 2 aromatic carbocycles. The predicted molar refractivity (Wildman–Crippen MR) is 83.1 cm³/mol. The van der Waals surface area contributed by atoms with E-state index in [9.17, 15) is 4.39 Å². The molecule has 0 aromatic heterocycles. The molecule has 0 heterocycles. The summed E-state index contributed by atoms with van der Waals surface area (Å²) in [6.45, 7) is 1.90. The van der Waals surface area contributed by atoms with E-state index in [4.69, 9.17) is 23.2 Å². The molecule has 106 valence electrons. The molecule has 0 amide bonds. The van der Waals surface area contributed by atoms with Crippen molar-refractivity contribution in [3.05, 3.63) is 69.0 Å². The van der Waals surface area contributed by atoms with Crippen molar-refractivity contribution in [1.82, 2.24) is 5.32 Å². The molecule has 0 saturated carbocycles. The van der Waals surface area contributed by atoms with Crippen LogP contribution in [0.5, 0.6) is 0 Å². The molecule has 0 aliphatic rings. The molecular formula is C16H16Cl2FN. The maximum absolute atomic E-state index is 13.2. The smallest absolute Gasteiger partial charge is 0.123 e. The molecular weight excluding hydrogens is 296 g/mol. The molecule has 1 atom stereocenters. The maximum atomic E-state index is 13.2. The van der Waals surface area contributed by atoms with Crippen LogP contribution in [-0.2, 0) is 6.42 Å². The van der Waals surface area contributed by atoms with E-state index >= 15 is 0 Å². The maximum Gasteiger partial charge on any atom is 0.123 e. The van der Waals surface area contributed by atoms with Gasteiger partial charge in [0.05, 0.1) is 0 Å². The Bertz CT molecular complexity index is 593. The monoisotopic (exact) mass is 311 g/mol. The van der Waals surface area contributed by atoms with Gasteiger partial charge in [-0.3, -0.25) is 0 Å². The summed E-state index contributed by atoms with van der Waals surface area (Å²) in [6, 6.07) is 10.3. The first kappa shape index (κ1) is 15.3. The summed E-state index contributed by atoms with van der Waals surface area (Å²) < 4.78 is 13.2. The molecule has 0 radical (unpaired) electrons. The van der Waals surface area contributed by atoms with Gasteiger partial charge >= 0.3 is 0 Å². The Morgan fingerprint density at radius 2 is 1.80 bits per heavy atom. The van der Waals surface area contributed by atoms with Gasteiger partial charge in [0, 0.05) is 21.7 Å². The van der Waals surface area contributed by atoms with Crippen molar-refractivity contribution in [2.45, 2.75) is 19.4 Å². The lowest BCUT2D eigenvalue weighted by molar-refractivity contribution is 0.587. The number of halogens is 3. The van der Waals surface area contributed by atoms with Crippen molar-refractivity contribution in [1.29, 1.82) is 0 Å². The fraction of sp³-hybridized carbons (Fsp3) is 0.250. The Morgan fingerprint density at radius 3 is 2.35 bits per heavy atom. The minimum atomic E-state index is -0.219. The Balaban J connectivity index is 2.34. The number of hydrogen-bond donors (Lipinski definition) is 1. The minimum Gasteiger partial charge on any atom is -0.313 e. The average Bonchev–Trinajstić information content (AvgIpc) is 2.39. The van der Waals surface area contributed by atoms with Crippen molar-refractivity contribution in [3.63, 3.8) is 0 Å². The zero-order valence-electron chi connectivity index (χ0n) is 11.4. The van der Waals surface area contributed by atoms with Crippen molar-refractivity contribution >= 4 is 23.2 Å². The fourth-order valence-electron chi connectivity index (χ4n) is 2.30. The van der Waals surface area contributed by atoms with E-state index in [-0.39, 0.29) is 11.9 Å². The summed E-state index contributed by atoms with van der Waals surface area (Å²) in [7, 11) is 1.86. The van der Waals surface area contributed by atoms with Crippen LogP contribution in [0.4, 0.5) is 4.39 Å². The number of hydrogen-bond acceptors (Lipinski definition) is 1. The van der Waals surface area contributed by atoms with Crippen LogP contribution in [-0.4, -0.2) is 7.05 Å². The van der Waals surface area contributed by atoms with Crippen LogP contribution in [0, 0.1) is 12.7 Å². The van der Waals surface area contributed by atoms with Crippen LogP contribution >= 0.6 is 23.2 Å². The van der Waals surface area contributed by atoms with Crippen LogP contribution in [0.25, 0.3) is 0 Å². The Kier molecular flexibility index (Phi) is 5.03. The summed E-state index contributed by atoms with van der Waals surface area (Å²) in [6.07, 6.45) is 0.700. The zero-order valence-corrected chi connectivity index (χ0v) is 12.9. The largest absolute Gasteiger partial charge is 0.313 e. The second kappa shape index (κ2) is 6.57. The van der Waals surface area contributed by atoms with E-state index in [1.54, 1.807) is 6.07 Å². The summed E-state index contributed by atoms with van der Waals surface area (Å²) in [5.41, 5.74) is 2.87. The van der Waals surface area contributed by atoms with E-state index in [1.165, 1.54) is 12.1 Å². The van der Waals surface area contributed by atoms with E-state index in [0.717, 1.165) is 16.7 Å². The summed E-state index contributed by atoms with van der Waals surface area (Å²) in [5, 5.41) is 4.50. The minimum absolute atomic E-state index is 0.0136. The highest BCUT2D eigenvalue weighted by Gasteiger charge is 2.17. The molecule has 2 rings (SSSR count). The molecule has 0 aliphatic heterocycles. The highest BCUT2D eigenvalue weighted by atomic mass is 35.5. The van der Waals surface area contributed by atoms with Gasteiger partial charge in [-0.25, -0.2) is 4.39 Å². The van der Waals surface area contributed by atoms with Gasteiger partial charge in [0.15, 0.2) is 0 Å². The second-order valence-corrected chi connectivity index (χ2v) is 5.57. The van der Waals surface area contributed by atoms with E-state index in [1.807, 2.05) is 32.2 Å². The van der Waals surface area contributed by atoms with Crippen LogP contribution in [0.1, 0.15) is 22.7 Å². The van der Waals surface area contributed by atoms with E-state index in [2.05, 4.69) is 5.32 Å². The van der Waals surface area contributed by atoms with Crippen molar-refractivity contribution in [2.24, 2.45) is 0 Å². The first-order valence-corrected chi connectivity index (χ1v) is 7.14. The Labute approximate surface area is 128 Å². The Hall–Kier alpha value is -1.09. The van der Waals surface area contributed by atoms with Gasteiger partial charge in [-0.1, -0.05) is 35.3 Å². The fourth-order valence-corrected chi connectivity index (χ4v) is 2.96. The third kappa shape index (κ3) is 3.32. The first-order valence-electron chi connectivity index (χ1n) is 6.39. The topological polar surface area (TPSA) is 12.0 Å². The molecule has 0 bridgehead atoms. The van der Waals surface area contributed by atoms with Crippen LogP contribution in [0.3, 0.4) is 0 Å². The lowest BCUT2D eigenvalue weighted by atomic mass is 9.96. The number of aryl methyl sites for hydroxylation is 1. The SMILES string of the molecule is CNC(Cc1ccc(F)cc1C)c1c(Cl)cccc1Cl. The molecule has 0 aliphatic carbocycles. The quantitative estimate of drug-likeness (QED) is 0.843. The van der Waals surface area contributed by atoms with Crippen LogP contribution in [0.15, 0.2) is 36.4 Å². The van der Waals surface area contributed by atoms with Crippen LogP contribution < -0.4 is 5.32 Å². The standard InChI is InChI=1S/C16H16Cl2FN/c1-10-8-12(19)7-6-11(10)9-15(20-2)16-13(17)4-3-5-14(16)18/h3-8,15,20H,9H2,1-2H3. The normalized spacial score (nSPS) is 12.4. The van der Waals surface area contributed by atoms with Gasteiger partial charge in [-0.05, 0) is 55.8 Å². The number of benzene rings is 2. The highest BCUT2D eigenvalue weighted by Crippen LogP contribution is 2.32. The van der Waals surface area contributed by atoms with Crippen molar-refractivity contribution < 1.29 is 4.39 Å². The van der Waals surface area contributed by atoms with Gasteiger partial charge in [0.1, 0.15) is 5.82 Å². The van der Waals surface area contributed by atoms with Gasteiger partial charge in [0.2, 0.25) is 0 Å². The summed E-state index contributed by atoms with van der Waals surface area (Å²) >= 11 is 12.5. The number of nitrogens with one attached hydrogen (secondary N) is 1. The van der Waals surface area contributed by atoms with Crippen molar-refractivity contribution in [2.75, 3.05) is 7.05 Å². The van der Waals surface area contributed by atoms with E-state index < -0.39 is 0 Å². The van der Waals surface area contributed by atoms with E-state index in [0.29, 0.717) is 16.5 Å². The molecule has 2 aromatic rings.